The molecule has 0 aliphatic heterocycles. The van der Waals surface area contributed by atoms with E-state index in [1.54, 1.807) is 6.20 Å². The molecule has 0 aliphatic rings. The molecular formula is C10H13N5. The molecule has 0 radical (unpaired) electrons. The van der Waals surface area contributed by atoms with Crippen LogP contribution in [0, 0.1) is 0 Å². The lowest BCUT2D eigenvalue weighted by Gasteiger charge is -2.02. The maximum Gasteiger partial charge on any atom is 0.224 e. The fourth-order valence-corrected chi connectivity index (χ4v) is 1.42. The first-order chi connectivity index (χ1) is 7.31. The Labute approximate surface area is 88.2 Å². The molecule has 0 saturated carbocycles. The lowest BCUT2D eigenvalue weighted by molar-refractivity contribution is 0.823. The summed E-state index contributed by atoms with van der Waals surface area (Å²) in [6.07, 6.45) is 4.35. The molecule has 15 heavy (non-hydrogen) atoms. The summed E-state index contributed by atoms with van der Waals surface area (Å²) in [6, 6.07) is 3.95. The van der Waals surface area contributed by atoms with Gasteiger partial charge < -0.3 is 9.88 Å². The van der Waals surface area contributed by atoms with Gasteiger partial charge in [0.25, 0.3) is 0 Å². The number of hydrogen-bond donors (Lipinski definition) is 1. The zero-order valence-corrected chi connectivity index (χ0v) is 8.81. The minimum atomic E-state index is 0.749. The molecule has 0 atom stereocenters. The number of hydrogen-bond acceptors (Lipinski definition) is 4. The Balaban J connectivity index is 2.21. The molecule has 0 unspecified atom stereocenters. The Kier molecular flexibility index (Phi) is 2.62. The molecule has 5 nitrogen and oxygen atoms in total. The lowest BCUT2D eigenvalue weighted by atomic mass is 10.2. The molecule has 0 fully saturated rings. The van der Waals surface area contributed by atoms with Crippen molar-refractivity contribution in [2.75, 3.05) is 12.4 Å². The molecule has 2 aromatic heterocycles. The van der Waals surface area contributed by atoms with Crippen LogP contribution in [0.5, 0.6) is 0 Å². The van der Waals surface area contributed by atoms with Crippen molar-refractivity contribution in [1.29, 1.82) is 0 Å². The highest BCUT2D eigenvalue weighted by atomic mass is 15.3. The average Bonchev–Trinajstić information content (AvgIpc) is 2.62. The van der Waals surface area contributed by atoms with Crippen LogP contribution in [-0.4, -0.2) is 26.8 Å². The maximum absolute atomic E-state index is 4.10. The van der Waals surface area contributed by atoms with Gasteiger partial charge in [-0.15, -0.1) is 10.2 Å². The fourth-order valence-electron chi connectivity index (χ4n) is 1.42. The number of aromatic nitrogens is 4. The van der Waals surface area contributed by atoms with Crippen LogP contribution in [0.4, 0.5) is 5.95 Å². The highest BCUT2D eigenvalue weighted by molar-refractivity contribution is 5.25. The molecule has 0 aliphatic carbocycles. The van der Waals surface area contributed by atoms with E-state index in [9.17, 15) is 0 Å². The molecule has 0 saturated heterocycles. The van der Waals surface area contributed by atoms with Gasteiger partial charge in [0.05, 0.1) is 0 Å². The lowest BCUT2D eigenvalue weighted by Crippen LogP contribution is -2.03. The smallest absolute Gasteiger partial charge is 0.224 e. The van der Waals surface area contributed by atoms with Crippen LogP contribution in [0.1, 0.15) is 11.4 Å². The second kappa shape index (κ2) is 4.08. The van der Waals surface area contributed by atoms with Crippen LogP contribution in [-0.2, 0) is 13.5 Å². The Morgan fingerprint density at radius 3 is 2.87 bits per heavy atom. The highest BCUT2D eigenvalue weighted by Crippen LogP contribution is 2.08. The van der Waals surface area contributed by atoms with Crippen LogP contribution >= 0.6 is 0 Å². The summed E-state index contributed by atoms with van der Waals surface area (Å²) in [5.41, 5.74) is 1.13. The molecule has 0 amide bonds. The second-order valence-electron chi connectivity index (χ2n) is 3.29. The maximum atomic E-state index is 4.10. The van der Waals surface area contributed by atoms with Gasteiger partial charge in [0.1, 0.15) is 5.82 Å². The van der Waals surface area contributed by atoms with Crippen molar-refractivity contribution in [2.45, 2.75) is 6.42 Å². The summed E-state index contributed by atoms with van der Waals surface area (Å²) < 4.78 is 1.94. The zero-order chi connectivity index (χ0) is 10.7. The number of pyridine rings is 1. The largest absolute Gasteiger partial charge is 0.357 e. The first-order valence-electron chi connectivity index (χ1n) is 4.76. The van der Waals surface area contributed by atoms with E-state index in [-0.39, 0.29) is 0 Å². The summed E-state index contributed by atoms with van der Waals surface area (Å²) in [7, 11) is 3.77. The SMILES string of the molecule is CNc1nnc(Cc2cccnc2)n1C. The first-order valence-corrected chi connectivity index (χ1v) is 4.76. The van der Waals surface area contributed by atoms with Crippen molar-refractivity contribution < 1.29 is 0 Å². The van der Waals surface area contributed by atoms with E-state index in [0.29, 0.717) is 0 Å². The van der Waals surface area contributed by atoms with Crippen LogP contribution in [0.3, 0.4) is 0 Å². The summed E-state index contributed by atoms with van der Waals surface area (Å²) in [5.74, 6) is 1.70. The quantitative estimate of drug-likeness (QED) is 0.803. The predicted molar refractivity (Wildman–Crippen MR) is 57.6 cm³/mol. The first kappa shape index (κ1) is 9.64. The van der Waals surface area contributed by atoms with E-state index in [4.69, 9.17) is 0 Å². The Morgan fingerprint density at radius 1 is 1.40 bits per heavy atom. The van der Waals surface area contributed by atoms with Gasteiger partial charge in [-0.1, -0.05) is 6.07 Å². The molecule has 0 aromatic carbocycles. The van der Waals surface area contributed by atoms with Gasteiger partial charge in [-0.05, 0) is 11.6 Å². The van der Waals surface area contributed by atoms with E-state index in [1.807, 2.05) is 37.0 Å². The summed E-state index contributed by atoms with van der Waals surface area (Å²) in [5, 5.41) is 11.1. The van der Waals surface area contributed by atoms with Crippen molar-refractivity contribution >= 4 is 5.95 Å². The van der Waals surface area contributed by atoms with E-state index in [1.165, 1.54) is 0 Å². The van der Waals surface area contributed by atoms with Gasteiger partial charge in [0.15, 0.2) is 0 Å². The van der Waals surface area contributed by atoms with Gasteiger partial charge in [-0.2, -0.15) is 0 Å². The molecular weight excluding hydrogens is 190 g/mol. The highest BCUT2D eigenvalue weighted by Gasteiger charge is 2.07. The van der Waals surface area contributed by atoms with E-state index in [2.05, 4.69) is 20.5 Å². The Bertz CT molecular complexity index is 434. The van der Waals surface area contributed by atoms with E-state index >= 15 is 0 Å². The van der Waals surface area contributed by atoms with Crippen LogP contribution in [0.2, 0.25) is 0 Å². The molecule has 78 valence electrons. The molecule has 1 N–H and O–H groups in total. The number of rotatable bonds is 3. The molecule has 0 spiro atoms. The normalized spacial score (nSPS) is 10.3. The minimum absolute atomic E-state index is 0.749. The van der Waals surface area contributed by atoms with E-state index in [0.717, 1.165) is 23.8 Å². The molecule has 2 rings (SSSR count). The summed E-state index contributed by atoms with van der Waals surface area (Å²) >= 11 is 0. The minimum Gasteiger partial charge on any atom is -0.357 e. The van der Waals surface area contributed by atoms with Crippen LogP contribution < -0.4 is 5.32 Å². The van der Waals surface area contributed by atoms with Crippen molar-refractivity contribution in [1.82, 2.24) is 19.7 Å². The average molecular weight is 203 g/mol. The van der Waals surface area contributed by atoms with Gasteiger partial charge in [0.2, 0.25) is 5.95 Å². The third kappa shape index (κ3) is 1.96. The number of anilines is 1. The summed E-state index contributed by atoms with van der Waals surface area (Å²) in [4.78, 5) is 4.06. The third-order valence-corrected chi connectivity index (χ3v) is 2.27. The third-order valence-electron chi connectivity index (χ3n) is 2.27. The Hall–Kier alpha value is -1.91. The van der Waals surface area contributed by atoms with Gasteiger partial charge in [-0.25, -0.2) is 0 Å². The zero-order valence-electron chi connectivity index (χ0n) is 8.81. The van der Waals surface area contributed by atoms with Gasteiger partial charge in [-0.3, -0.25) is 4.98 Å². The van der Waals surface area contributed by atoms with Gasteiger partial charge in [0, 0.05) is 32.9 Å². The van der Waals surface area contributed by atoms with Crippen molar-refractivity contribution in [3.63, 3.8) is 0 Å². The topological polar surface area (TPSA) is 55.6 Å². The van der Waals surface area contributed by atoms with Crippen molar-refractivity contribution in [3.8, 4) is 0 Å². The standard InChI is InChI=1S/C10H13N5/c1-11-10-14-13-9(15(10)2)6-8-4-3-5-12-7-8/h3-5,7H,6H2,1-2H3,(H,11,14). The fraction of sp³-hybridized carbons (Fsp3) is 0.300. The molecule has 5 heteroatoms. The van der Waals surface area contributed by atoms with Gasteiger partial charge >= 0.3 is 0 Å². The van der Waals surface area contributed by atoms with Crippen molar-refractivity contribution in [3.05, 3.63) is 35.9 Å². The molecule has 2 heterocycles. The van der Waals surface area contributed by atoms with Crippen LogP contribution in [0.15, 0.2) is 24.5 Å². The Morgan fingerprint density at radius 2 is 2.27 bits per heavy atom. The molecule has 0 bridgehead atoms. The number of nitrogens with one attached hydrogen (secondary N) is 1. The monoisotopic (exact) mass is 203 g/mol. The number of nitrogens with zero attached hydrogens (tertiary/aromatic N) is 4. The van der Waals surface area contributed by atoms with Crippen molar-refractivity contribution in [2.24, 2.45) is 7.05 Å². The summed E-state index contributed by atoms with van der Waals surface area (Å²) in [6.45, 7) is 0. The van der Waals surface area contributed by atoms with Crippen LogP contribution in [0.25, 0.3) is 0 Å². The van der Waals surface area contributed by atoms with E-state index < -0.39 is 0 Å². The predicted octanol–water partition coefficient (Wildman–Crippen LogP) is 0.843. The molecule has 2 aromatic rings. The second-order valence-corrected chi connectivity index (χ2v) is 3.29.